The predicted molar refractivity (Wildman–Crippen MR) is 61.8 cm³/mol. The molecule has 0 saturated carbocycles. The van der Waals surface area contributed by atoms with Crippen molar-refractivity contribution < 1.29 is 0 Å². The van der Waals surface area contributed by atoms with Gasteiger partial charge in [-0.3, -0.25) is 0 Å². The van der Waals surface area contributed by atoms with Crippen LogP contribution in [0.5, 0.6) is 0 Å². The molecular formula is C13H26. The molecule has 0 saturated heterocycles. The van der Waals surface area contributed by atoms with E-state index in [2.05, 4.69) is 47.6 Å². The van der Waals surface area contributed by atoms with Crippen molar-refractivity contribution in [2.45, 2.75) is 54.4 Å². The van der Waals surface area contributed by atoms with Gasteiger partial charge in [0.05, 0.1) is 0 Å². The second-order valence-corrected chi connectivity index (χ2v) is 4.71. The van der Waals surface area contributed by atoms with Gasteiger partial charge in [0.15, 0.2) is 0 Å². The van der Waals surface area contributed by atoms with Crippen LogP contribution < -0.4 is 0 Å². The summed E-state index contributed by atoms with van der Waals surface area (Å²) < 4.78 is 0. The molecule has 0 aromatic carbocycles. The van der Waals surface area contributed by atoms with E-state index in [0.29, 0.717) is 0 Å². The Morgan fingerprint density at radius 3 is 2.08 bits per heavy atom. The Labute approximate surface area is 84.4 Å². The number of hydrogen-bond acceptors (Lipinski definition) is 0. The lowest BCUT2D eigenvalue weighted by Crippen LogP contribution is -2.03. The molecule has 0 aliphatic rings. The molecule has 0 spiro atoms. The van der Waals surface area contributed by atoms with Gasteiger partial charge in [0, 0.05) is 0 Å². The summed E-state index contributed by atoms with van der Waals surface area (Å²) in [6, 6.07) is 0. The van der Waals surface area contributed by atoms with Crippen molar-refractivity contribution in [3.05, 3.63) is 11.6 Å². The second kappa shape index (κ2) is 6.23. The monoisotopic (exact) mass is 182 g/mol. The van der Waals surface area contributed by atoms with Gasteiger partial charge < -0.3 is 0 Å². The zero-order valence-electron chi connectivity index (χ0n) is 10.2. The first-order chi connectivity index (χ1) is 5.99. The summed E-state index contributed by atoms with van der Waals surface area (Å²) in [5.74, 6) is 2.39. The largest absolute Gasteiger partial charge is 0.0851 e. The number of allylic oxidation sites excluding steroid dienone is 2. The van der Waals surface area contributed by atoms with Crippen LogP contribution in [-0.2, 0) is 0 Å². The summed E-state index contributed by atoms with van der Waals surface area (Å²) in [5.41, 5.74) is 1.56. The fraction of sp³-hybridized carbons (Fsp3) is 0.846. The molecule has 0 aliphatic carbocycles. The molecule has 0 aromatic rings. The Bertz CT molecular complexity index is 153. The van der Waals surface area contributed by atoms with E-state index >= 15 is 0 Å². The first kappa shape index (κ1) is 12.7. The fourth-order valence-electron chi connectivity index (χ4n) is 1.17. The van der Waals surface area contributed by atoms with Gasteiger partial charge in [-0.15, -0.1) is 0 Å². The molecule has 0 amide bonds. The summed E-state index contributed by atoms with van der Waals surface area (Å²) in [6.45, 7) is 13.8. The third-order valence-electron chi connectivity index (χ3n) is 3.34. The van der Waals surface area contributed by atoms with Crippen molar-refractivity contribution in [1.82, 2.24) is 0 Å². The summed E-state index contributed by atoms with van der Waals surface area (Å²) in [7, 11) is 0. The van der Waals surface area contributed by atoms with E-state index in [4.69, 9.17) is 0 Å². The lowest BCUT2D eigenvalue weighted by molar-refractivity contribution is 0.422. The molecule has 0 heteroatoms. The fourth-order valence-corrected chi connectivity index (χ4v) is 1.17. The Morgan fingerprint density at radius 1 is 1.15 bits per heavy atom. The van der Waals surface area contributed by atoms with Crippen LogP contribution in [0.25, 0.3) is 0 Å². The molecule has 0 radical (unpaired) electrons. The molecule has 0 rings (SSSR count). The molecule has 0 heterocycles. The van der Waals surface area contributed by atoms with Crippen LogP contribution in [0, 0.1) is 17.8 Å². The maximum absolute atomic E-state index is 2.43. The predicted octanol–water partition coefficient (Wildman–Crippen LogP) is 4.66. The van der Waals surface area contributed by atoms with Crippen molar-refractivity contribution in [3.63, 3.8) is 0 Å². The lowest BCUT2D eigenvalue weighted by atomic mass is 9.91. The summed E-state index contributed by atoms with van der Waals surface area (Å²) >= 11 is 0. The Morgan fingerprint density at radius 2 is 1.69 bits per heavy atom. The summed E-state index contributed by atoms with van der Waals surface area (Å²) in [6.07, 6.45) is 4.94. The lowest BCUT2D eigenvalue weighted by Gasteiger charge is -2.15. The molecule has 0 nitrogen and oxygen atoms in total. The molecule has 0 aliphatic heterocycles. The molecule has 0 fully saturated rings. The van der Waals surface area contributed by atoms with Gasteiger partial charge in [-0.2, -0.15) is 0 Å². The van der Waals surface area contributed by atoms with E-state index in [0.717, 1.165) is 17.8 Å². The van der Waals surface area contributed by atoms with Gasteiger partial charge in [0.1, 0.15) is 0 Å². The van der Waals surface area contributed by atoms with Crippen LogP contribution in [0.2, 0.25) is 0 Å². The van der Waals surface area contributed by atoms with E-state index in [1.54, 1.807) is 5.57 Å². The van der Waals surface area contributed by atoms with E-state index in [1.807, 2.05) is 0 Å². The van der Waals surface area contributed by atoms with Crippen LogP contribution in [0.3, 0.4) is 0 Å². The Kier molecular flexibility index (Phi) is 6.11. The maximum atomic E-state index is 2.43. The molecule has 0 N–H and O–H groups in total. The van der Waals surface area contributed by atoms with Gasteiger partial charge in [-0.25, -0.2) is 0 Å². The third-order valence-corrected chi connectivity index (χ3v) is 3.34. The molecular weight excluding hydrogens is 156 g/mol. The highest BCUT2D eigenvalue weighted by Crippen LogP contribution is 2.19. The van der Waals surface area contributed by atoms with E-state index in [1.165, 1.54) is 12.8 Å². The summed E-state index contributed by atoms with van der Waals surface area (Å²) in [4.78, 5) is 0. The molecule has 0 bridgehead atoms. The van der Waals surface area contributed by atoms with Gasteiger partial charge in [-0.05, 0) is 37.5 Å². The normalized spacial score (nSPS) is 17.6. The van der Waals surface area contributed by atoms with Crippen molar-refractivity contribution in [2.24, 2.45) is 17.8 Å². The van der Waals surface area contributed by atoms with Crippen molar-refractivity contribution in [3.8, 4) is 0 Å². The van der Waals surface area contributed by atoms with Crippen LogP contribution >= 0.6 is 0 Å². The number of rotatable bonds is 5. The highest BCUT2D eigenvalue weighted by molar-refractivity contribution is 5.02. The Balaban J connectivity index is 3.96. The standard InChI is InChI=1S/C13H26/c1-7-11(4)13(6)9-8-12(5)10(2)3/h9-12H,7-8H2,1-6H3. The minimum absolute atomic E-state index is 0.763. The Hall–Kier alpha value is -0.260. The molecule has 2 unspecified atom stereocenters. The minimum Gasteiger partial charge on any atom is -0.0851 e. The van der Waals surface area contributed by atoms with Gasteiger partial charge in [0.25, 0.3) is 0 Å². The average molecular weight is 182 g/mol. The molecule has 13 heavy (non-hydrogen) atoms. The van der Waals surface area contributed by atoms with Gasteiger partial charge in [-0.1, -0.05) is 46.3 Å². The van der Waals surface area contributed by atoms with E-state index in [-0.39, 0.29) is 0 Å². The first-order valence-electron chi connectivity index (χ1n) is 5.65. The van der Waals surface area contributed by atoms with Crippen molar-refractivity contribution in [2.75, 3.05) is 0 Å². The van der Waals surface area contributed by atoms with E-state index in [9.17, 15) is 0 Å². The SMILES string of the molecule is CCC(C)C(C)=CCC(C)C(C)C. The zero-order valence-corrected chi connectivity index (χ0v) is 10.2. The first-order valence-corrected chi connectivity index (χ1v) is 5.65. The van der Waals surface area contributed by atoms with E-state index < -0.39 is 0 Å². The van der Waals surface area contributed by atoms with Crippen LogP contribution in [0.15, 0.2) is 11.6 Å². The van der Waals surface area contributed by atoms with Crippen LogP contribution in [0.4, 0.5) is 0 Å². The van der Waals surface area contributed by atoms with Gasteiger partial charge in [0.2, 0.25) is 0 Å². The van der Waals surface area contributed by atoms with Crippen LogP contribution in [0.1, 0.15) is 54.4 Å². The van der Waals surface area contributed by atoms with Crippen LogP contribution in [-0.4, -0.2) is 0 Å². The summed E-state index contributed by atoms with van der Waals surface area (Å²) in [5, 5.41) is 0. The molecule has 78 valence electrons. The highest BCUT2D eigenvalue weighted by Gasteiger charge is 2.06. The van der Waals surface area contributed by atoms with Gasteiger partial charge >= 0.3 is 0 Å². The quantitative estimate of drug-likeness (QED) is 0.542. The highest BCUT2D eigenvalue weighted by atomic mass is 14.1. The topological polar surface area (TPSA) is 0 Å². The number of hydrogen-bond donors (Lipinski definition) is 0. The average Bonchev–Trinajstić information content (AvgIpc) is 2.11. The zero-order chi connectivity index (χ0) is 10.4. The maximum Gasteiger partial charge on any atom is -0.0237 e. The third kappa shape index (κ3) is 5.13. The minimum atomic E-state index is 0.763. The van der Waals surface area contributed by atoms with Crippen molar-refractivity contribution in [1.29, 1.82) is 0 Å². The molecule has 0 aromatic heterocycles. The smallest absolute Gasteiger partial charge is 0.0237 e. The molecule has 2 atom stereocenters. The van der Waals surface area contributed by atoms with Crippen molar-refractivity contribution >= 4 is 0 Å². The second-order valence-electron chi connectivity index (χ2n) is 4.71.